The van der Waals surface area contributed by atoms with Crippen LogP contribution in [-0.2, 0) is 0 Å². The highest BCUT2D eigenvalue weighted by Gasteiger charge is 2.14. The van der Waals surface area contributed by atoms with Crippen molar-refractivity contribution in [3.05, 3.63) is 72.9 Å². The maximum absolute atomic E-state index is 6.06. The molecule has 4 nitrogen and oxygen atoms in total. The van der Waals surface area contributed by atoms with E-state index in [4.69, 9.17) is 9.47 Å². The molecular weight excluding hydrogens is 324 g/mol. The minimum Gasteiger partial charge on any atom is -0.490 e. The van der Waals surface area contributed by atoms with Crippen LogP contribution in [0.2, 0.25) is 0 Å². The molecule has 1 aromatic heterocycles. The van der Waals surface area contributed by atoms with Gasteiger partial charge in [0.05, 0.1) is 0 Å². The Labute approximate surface area is 153 Å². The lowest BCUT2D eigenvalue weighted by molar-refractivity contribution is 0.162. The van der Waals surface area contributed by atoms with Gasteiger partial charge in [0, 0.05) is 17.8 Å². The molecule has 1 fully saturated rings. The second-order valence-electron chi connectivity index (χ2n) is 6.39. The van der Waals surface area contributed by atoms with Crippen LogP contribution >= 0.6 is 0 Å². The van der Waals surface area contributed by atoms with Crippen molar-refractivity contribution in [2.45, 2.75) is 18.9 Å². The molecular formula is C22H22N2O2. The molecule has 4 rings (SSSR count). The zero-order valence-corrected chi connectivity index (χ0v) is 14.6. The van der Waals surface area contributed by atoms with E-state index in [9.17, 15) is 0 Å². The van der Waals surface area contributed by atoms with Crippen molar-refractivity contribution < 1.29 is 9.47 Å². The van der Waals surface area contributed by atoms with Gasteiger partial charge < -0.3 is 14.8 Å². The third-order valence-corrected chi connectivity index (χ3v) is 4.48. The third-order valence-electron chi connectivity index (χ3n) is 4.48. The number of hydrogen-bond acceptors (Lipinski definition) is 4. The van der Waals surface area contributed by atoms with Gasteiger partial charge in [-0.15, -0.1) is 0 Å². The van der Waals surface area contributed by atoms with Crippen LogP contribution in [0.5, 0.6) is 17.4 Å². The summed E-state index contributed by atoms with van der Waals surface area (Å²) in [6.07, 6.45) is 4.28. The van der Waals surface area contributed by atoms with E-state index in [0.717, 1.165) is 48.6 Å². The first-order valence-electron chi connectivity index (χ1n) is 9.03. The first-order chi connectivity index (χ1) is 12.9. The number of ether oxygens (including phenoxy) is 2. The number of hydrogen-bond donors (Lipinski definition) is 1. The monoisotopic (exact) mass is 346 g/mol. The summed E-state index contributed by atoms with van der Waals surface area (Å²) in [5, 5.41) is 3.35. The molecule has 0 spiro atoms. The number of nitrogens with one attached hydrogen (secondary N) is 1. The second kappa shape index (κ2) is 8.02. The molecule has 0 aliphatic carbocycles. The molecule has 3 aromatic rings. The van der Waals surface area contributed by atoms with Gasteiger partial charge in [-0.25, -0.2) is 4.98 Å². The number of piperidine rings is 1. The lowest BCUT2D eigenvalue weighted by Crippen LogP contribution is -2.34. The molecule has 26 heavy (non-hydrogen) atoms. The fraction of sp³-hybridized carbons (Fsp3) is 0.227. The van der Waals surface area contributed by atoms with Gasteiger partial charge in [-0.05, 0) is 61.8 Å². The fourth-order valence-electron chi connectivity index (χ4n) is 3.05. The van der Waals surface area contributed by atoms with Gasteiger partial charge in [0.25, 0.3) is 0 Å². The molecule has 0 unspecified atom stereocenters. The first kappa shape index (κ1) is 16.6. The van der Waals surface area contributed by atoms with Crippen LogP contribution < -0.4 is 14.8 Å². The van der Waals surface area contributed by atoms with Crippen LogP contribution in [0.4, 0.5) is 0 Å². The quantitative estimate of drug-likeness (QED) is 0.729. The minimum absolute atomic E-state index is 0.318. The van der Waals surface area contributed by atoms with Crippen LogP contribution in [0.3, 0.4) is 0 Å². The van der Waals surface area contributed by atoms with Gasteiger partial charge in [-0.2, -0.15) is 0 Å². The van der Waals surface area contributed by atoms with Crippen LogP contribution in [0, 0.1) is 0 Å². The van der Waals surface area contributed by atoms with E-state index in [1.165, 1.54) is 0 Å². The summed E-state index contributed by atoms with van der Waals surface area (Å²) in [4.78, 5) is 4.41. The van der Waals surface area contributed by atoms with Crippen LogP contribution in [0.25, 0.3) is 11.1 Å². The number of rotatable bonds is 5. The molecule has 1 aliphatic heterocycles. The summed E-state index contributed by atoms with van der Waals surface area (Å²) in [6, 6.07) is 21.8. The van der Waals surface area contributed by atoms with E-state index in [1.54, 1.807) is 0 Å². The molecule has 0 saturated carbocycles. The Morgan fingerprint density at radius 3 is 2.19 bits per heavy atom. The van der Waals surface area contributed by atoms with Crippen LogP contribution in [0.15, 0.2) is 72.9 Å². The van der Waals surface area contributed by atoms with E-state index in [1.807, 2.05) is 60.8 Å². The van der Waals surface area contributed by atoms with Crippen molar-refractivity contribution in [1.29, 1.82) is 0 Å². The Bertz CT molecular complexity index is 811. The Balaban J connectivity index is 1.40. The molecule has 2 heterocycles. The maximum atomic E-state index is 6.06. The van der Waals surface area contributed by atoms with E-state index in [-0.39, 0.29) is 0 Å². The Morgan fingerprint density at radius 1 is 0.769 bits per heavy atom. The molecule has 0 bridgehead atoms. The van der Waals surface area contributed by atoms with E-state index in [2.05, 4.69) is 22.4 Å². The van der Waals surface area contributed by atoms with Crippen molar-refractivity contribution in [2.24, 2.45) is 0 Å². The molecule has 4 heteroatoms. The maximum Gasteiger partial charge on any atom is 0.219 e. The molecule has 0 amide bonds. The minimum atomic E-state index is 0.318. The Morgan fingerprint density at radius 2 is 1.50 bits per heavy atom. The molecule has 132 valence electrons. The van der Waals surface area contributed by atoms with Crippen molar-refractivity contribution in [3.8, 4) is 28.5 Å². The summed E-state index contributed by atoms with van der Waals surface area (Å²) in [6.45, 7) is 2.07. The van der Waals surface area contributed by atoms with Crippen molar-refractivity contribution in [2.75, 3.05) is 13.1 Å². The van der Waals surface area contributed by atoms with Gasteiger partial charge in [0.15, 0.2) is 0 Å². The second-order valence-corrected chi connectivity index (χ2v) is 6.39. The van der Waals surface area contributed by atoms with E-state index >= 15 is 0 Å². The van der Waals surface area contributed by atoms with Gasteiger partial charge in [-0.3, -0.25) is 0 Å². The predicted octanol–water partition coefficient (Wildman–Crippen LogP) is 4.67. The molecule has 1 aliphatic rings. The first-order valence-corrected chi connectivity index (χ1v) is 9.03. The Kier molecular flexibility index (Phi) is 5.12. The fourth-order valence-corrected chi connectivity index (χ4v) is 3.05. The van der Waals surface area contributed by atoms with Crippen LogP contribution in [-0.4, -0.2) is 24.2 Å². The highest BCUT2D eigenvalue weighted by atomic mass is 16.5. The van der Waals surface area contributed by atoms with Crippen molar-refractivity contribution in [1.82, 2.24) is 10.3 Å². The normalized spacial score (nSPS) is 14.8. The number of para-hydroxylation sites is 1. The summed E-state index contributed by atoms with van der Waals surface area (Å²) >= 11 is 0. The van der Waals surface area contributed by atoms with Gasteiger partial charge in [0.2, 0.25) is 5.88 Å². The Hall–Kier alpha value is -2.85. The number of pyridine rings is 1. The summed E-state index contributed by atoms with van der Waals surface area (Å²) in [5.74, 6) is 2.30. The molecule has 2 aromatic carbocycles. The molecule has 0 radical (unpaired) electrons. The standard InChI is InChI=1S/C22H22N2O2/c1-2-4-19(5-3-1)26-22-11-8-18(16-24-22)17-6-9-20(10-7-17)25-21-12-14-23-15-13-21/h1-11,16,21,23H,12-15H2. The number of nitrogens with zero attached hydrogens (tertiary/aromatic N) is 1. The summed E-state index contributed by atoms with van der Waals surface area (Å²) in [7, 11) is 0. The lowest BCUT2D eigenvalue weighted by Gasteiger charge is -2.23. The van der Waals surface area contributed by atoms with E-state index in [0.29, 0.717) is 12.0 Å². The van der Waals surface area contributed by atoms with Crippen LogP contribution in [0.1, 0.15) is 12.8 Å². The molecule has 1 N–H and O–H groups in total. The van der Waals surface area contributed by atoms with E-state index < -0.39 is 0 Å². The predicted molar refractivity (Wildman–Crippen MR) is 103 cm³/mol. The van der Waals surface area contributed by atoms with Gasteiger partial charge in [0.1, 0.15) is 17.6 Å². The zero-order chi connectivity index (χ0) is 17.6. The zero-order valence-electron chi connectivity index (χ0n) is 14.6. The lowest BCUT2D eigenvalue weighted by atomic mass is 10.1. The number of benzene rings is 2. The SMILES string of the molecule is c1ccc(Oc2ccc(-c3ccc(OC4CCNCC4)cc3)cn2)cc1. The summed E-state index contributed by atoms with van der Waals surface area (Å²) in [5.41, 5.74) is 2.17. The molecule has 0 atom stereocenters. The highest BCUT2D eigenvalue weighted by Crippen LogP contribution is 2.26. The highest BCUT2D eigenvalue weighted by molar-refractivity contribution is 5.63. The van der Waals surface area contributed by atoms with Crippen molar-refractivity contribution in [3.63, 3.8) is 0 Å². The average Bonchev–Trinajstić information content (AvgIpc) is 2.71. The largest absolute Gasteiger partial charge is 0.490 e. The van der Waals surface area contributed by atoms with Gasteiger partial charge >= 0.3 is 0 Å². The number of aromatic nitrogens is 1. The molecule has 1 saturated heterocycles. The smallest absolute Gasteiger partial charge is 0.219 e. The third kappa shape index (κ3) is 4.21. The van der Waals surface area contributed by atoms with Crippen molar-refractivity contribution >= 4 is 0 Å². The summed E-state index contributed by atoms with van der Waals surface area (Å²) < 4.78 is 11.8. The average molecular weight is 346 g/mol. The topological polar surface area (TPSA) is 43.4 Å². The van der Waals surface area contributed by atoms with Gasteiger partial charge in [-0.1, -0.05) is 30.3 Å².